The fraction of sp³-hybridized carbons (Fsp3) is 0.263. The lowest BCUT2D eigenvalue weighted by Crippen LogP contribution is -2.43. The number of ether oxygens (including phenoxy) is 1. The van der Waals surface area contributed by atoms with Gasteiger partial charge in [-0.2, -0.15) is 0 Å². The molecule has 2 amide bonds. The van der Waals surface area contributed by atoms with Crippen molar-refractivity contribution in [1.29, 1.82) is 0 Å². The van der Waals surface area contributed by atoms with Crippen molar-refractivity contribution < 1.29 is 18.7 Å². The van der Waals surface area contributed by atoms with Gasteiger partial charge in [-0.3, -0.25) is 9.59 Å². The molecule has 2 aromatic rings. The van der Waals surface area contributed by atoms with Gasteiger partial charge in [0, 0.05) is 11.6 Å². The second-order valence-electron chi connectivity index (χ2n) is 6.11. The SMILES string of the molecule is COc1ccc(Cl)cc1C(=O)N1CCCC1C(=O)Nc1ccc(F)cc1Cl. The third-order valence-electron chi connectivity index (χ3n) is 4.40. The van der Waals surface area contributed by atoms with Crippen LogP contribution >= 0.6 is 23.2 Å². The molecule has 0 spiro atoms. The number of anilines is 1. The Hall–Kier alpha value is -2.31. The summed E-state index contributed by atoms with van der Waals surface area (Å²) in [7, 11) is 1.46. The van der Waals surface area contributed by atoms with Crippen LogP contribution in [0.1, 0.15) is 23.2 Å². The van der Waals surface area contributed by atoms with Gasteiger partial charge in [0.2, 0.25) is 5.91 Å². The maximum atomic E-state index is 13.2. The molecule has 0 saturated carbocycles. The topological polar surface area (TPSA) is 58.6 Å². The molecule has 0 radical (unpaired) electrons. The molecule has 142 valence electrons. The van der Waals surface area contributed by atoms with Gasteiger partial charge in [0.25, 0.3) is 5.91 Å². The lowest BCUT2D eigenvalue weighted by Gasteiger charge is -2.25. The first-order valence-corrected chi connectivity index (χ1v) is 9.06. The first-order chi connectivity index (χ1) is 12.9. The Morgan fingerprint density at radius 3 is 2.70 bits per heavy atom. The molecule has 3 rings (SSSR count). The van der Waals surface area contributed by atoms with Gasteiger partial charge >= 0.3 is 0 Å². The molecule has 0 aromatic heterocycles. The van der Waals surface area contributed by atoms with Crippen molar-refractivity contribution in [3.63, 3.8) is 0 Å². The standard InChI is InChI=1S/C19H17Cl2FN2O3/c1-27-17-7-4-11(20)9-13(17)19(26)24-8-2-3-16(24)18(25)23-15-6-5-12(22)10-14(15)21/h4-7,9-10,16H,2-3,8H2,1H3,(H,23,25). The van der Waals surface area contributed by atoms with Crippen molar-refractivity contribution in [1.82, 2.24) is 4.90 Å². The summed E-state index contributed by atoms with van der Waals surface area (Å²) in [5.74, 6) is -0.826. The molecular formula is C19H17Cl2FN2O3. The van der Waals surface area contributed by atoms with Gasteiger partial charge in [-0.25, -0.2) is 4.39 Å². The highest BCUT2D eigenvalue weighted by molar-refractivity contribution is 6.33. The molecule has 1 aliphatic heterocycles. The van der Waals surface area contributed by atoms with Crippen LogP contribution in [0.25, 0.3) is 0 Å². The zero-order valence-corrected chi connectivity index (χ0v) is 16.0. The van der Waals surface area contributed by atoms with E-state index >= 15 is 0 Å². The average Bonchev–Trinajstić information content (AvgIpc) is 3.13. The molecule has 27 heavy (non-hydrogen) atoms. The van der Waals surface area contributed by atoms with E-state index in [9.17, 15) is 14.0 Å². The van der Waals surface area contributed by atoms with Crippen LogP contribution in [0, 0.1) is 5.82 Å². The summed E-state index contributed by atoms with van der Waals surface area (Å²) in [6, 6.07) is 7.80. The molecule has 0 aliphatic carbocycles. The minimum atomic E-state index is -0.665. The van der Waals surface area contributed by atoms with Gasteiger partial charge in [-0.05, 0) is 49.2 Å². The molecule has 1 N–H and O–H groups in total. The Morgan fingerprint density at radius 2 is 2.00 bits per heavy atom. The number of hydrogen-bond donors (Lipinski definition) is 1. The predicted molar refractivity (Wildman–Crippen MR) is 102 cm³/mol. The highest BCUT2D eigenvalue weighted by Crippen LogP contribution is 2.29. The van der Waals surface area contributed by atoms with Gasteiger partial charge in [0.05, 0.1) is 23.4 Å². The van der Waals surface area contributed by atoms with Gasteiger partial charge in [0.1, 0.15) is 17.6 Å². The summed E-state index contributed by atoms with van der Waals surface area (Å²) < 4.78 is 18.4. The smallest absolute Gasteiger partial charge is 0.258 e. The van der Waals surface area contributed by atoms with E-state index in [1.54, 1.807) is 12.1 Å². The summed E-state index contributed by atoms with van der Waals surface area (Å²) >= 11 is 12.0. The molecule has 8 heteroatoms. The van der Waals surface area contributed by atoms with Crippen LogP contribution in [0.3, 0.4) is 0 Å². The molecule has 1 aliphatic rings. The number of carbonyl (C=O) groups excluding carboxylic acids is 2. The normalized spacial score (nSPS) is 16.3. The maximum Gasteiger partial charge on any atom is 0.258 e. The number of methoxy groups -OCH3 is 1. The van der Waals surface area contributed by atoms with Crippen LogP contribution in [-0.4, -0.2) is 36.4 Å². The van der Waals surface area contributed by atoms with E-state index in [2.05, 4.69) is 5.32 Å². The van der Waals surface area contributed by atoms with Crippen molar-refractivity contribution in [3.8, 4) is 5.75 Å². The molecule has 2 aromatic carbocycles. The van der Waals surface area contributed by atoms with Crippen LogP contribution in [0.4, 0.5) is 10.1 Å². The Labute approximate surface area is 166 Å². The summed E-state index contributed by atoms with van der Waals surface area (Å²) in [6.07, 6.45) is 1.20. The molecule has 5 nitrogen and oxygen atoms in total. The third-order valence-corrected chi connectivity index (χ3v) is 4.95. The Kier molecular flexibility index (Phi) is 5.87. The number of rotatable bonds is 4. The summed E-state index contributed by atoms with van der Waals surface area (Å²) in [5.41, 5.74) is 0.590. The molecular weight excluding hydrogens is 394 g/mol. The number of carbonyl (C=O) groups is 2. The van der Waals surface area contributed by atoms with E-state index in [4.69, 9.17) is 27.9 Å². The van der Waals surface area contributed by atoms with E-state index in [0.29, 0.717) is 41.4 Å². The Balaban J connectivity index is 1.81. The Bertz CT molecular complexity index is 891. The quantitative estimate of drug-likeness (QED) is 0.812. The maximum absolute atomic E-state index is 13.2. The van der Waals surface area contributed by atoms with Gasteiger partial charge in [-0.15, -0.1) is 0 Å². The monoisotopic (exact) mass is 410 g/mol. The van der Waals surface area contributed by atoms with Gasteiger partial charge in [0.15, 0.2) is 0 Å². The van der Waals surface area contributed by atoms with Crippen molar-refractivity contribution in [2.24, 2.45) is 0 Å². The third kappa shape index (κ3) is 4.17. The molecule has 1 saturated heterocycles. The fourth-order valence-electron chi connectivity index (χ4n) is 3.09. The van der Waals surface area contributed by atoms with E-state index in [1.165, 1.54) is 30.2 Å². The molecule has 0 bridgehead atoms. The van der Waals surface area contributed by atoms with Crippen molar-refractivity contribution in [2.45, 2.75) is 18.9 Å². The highest BCUT2D eigenvalue weighted by atomic mass is 35.5. The second-order valence-corrected chi connectivity index (χ2v) is 6.96. The minimum Gasteiger partial charge on any atom is -0.496 e. The lowest BCUT2D eigenvalue weighted by molar-refractivity contribution is -0.119. The number of likely N-dealkylation sites (tertiary alicyclic amines) is 1. The Morgan fingerprint density at radius 1 is 1.22 bits per heavy atom. The van der Waals surface area contributed by atoms with Crippen LogP contribution in [0.15, 0.2) is 36.4 Å². The highest BCUT2D eigenvalue weighted by Gasteiger charge is 2.35. The van der Waals surface area contributed by atoms with E-state index in [0.717, 1.165) is 6.07 Å². The van der Waals surface area contributed by atoms with E-state index in [-0.39, 0.29) is 16.8 Å². The fourth-order valence-corrected chi connectivity index (χ4v) is 3.48. The molecule has 1 unspecified atom stereocenters. The summed E-state index contributed by atoms with van der Waals surface area (Å²) in [5, 5.41) is 3.16. The van der Waals surface area contributed by atoms with Crippen molar-refractivity contribution in [2.75, 3.05) is 19.0 Å². The lowest BCUT2D eigenvalue weighted by atomic mass is 10.1. The average molecular weight is 411 g/mol. The zero-order valence-electron chi connectivity index (χ0n) is 14.5. The minimum absolute atomic E-state index is 0.0933. The van der Waals surface area contributed by atoms with Crippen LogP contribution < -0.4 is 10.1 Å². The van der Waals surface area contributed by atoms with Crippen LogP contribution in [-0.2, 0) is 4.79 Å². The molecule has 1 atom stereocenters. The van der Waals surface area contributed by atoms with Crippen molar-refractivity contribution >= 4 is 40.7 Å². The van der Waals surface area contributed by atoms with Gasteiger partial charge < -0.3 is 15.0 Å². The first kappa shape index (κ1) is 19.5. The first-order valence-electron chi connectivity index (χ1n) is 8.31. The zero-order chi connectivity index (χ0) is 19.6. The second kappa shape index (κ2) is 8.15. The number of nitrogens with zero attached hydrogens (tertiary/aromatic N) is 1. The number of benzene rings is 2. The largest absolute Gasteiger partial charge is 0.496 e. The number of nitrogens with one attached hydrogen (secondary N) is 1. The number of amides is 2. The van der Waals surface area contributed by atoms with E-state index < -0.39 is 11.9 Å². The van der Waals surface area contributed by atoms with Crippen LogP contribution in [0.5, 0.6) is 5.75 Å². The van der Waals surface area contributed by atoms with E-state index in [1.807, 2.05) is 0 Å². The van der Waals surface area contributed by atoms with Gasteiger partial charge in [-0.1, -0.05) is 23.2 Å². The van der Waals surface area contributed by atoms with Crippen molar-refractivity contribution in [3.05, 3.63) is 57.8 Å². The number of hydrogen-bond acceptors (Lipinski definition) is 3. The molecule has 1 fully saturated rings. The van der Waals surface area contributed by atoms with Crippen LogP contribution in [0.2, 0.25) is 10.0 Å². The predicted octanol–water partition coefficient (Wildman–Crippen LogP) is 4.38. The summed E-state index contributed by atoms with van der Waals surface area (Å²) in [4.78, 5) is 27.2. The molecule has 1 heterocycles. The number of halogens is 3. The summed E-state index contributed by atoms with van der Waals surface area (Å²) in [6.45, 7) is 0.434.